The molecule has 3 atom stereocenters. The first kappa shape index (κ1) is 17.4. The van der Waals surface area contributed by atoms with E-state index in [0.717, 1.165) is 44.5 Å². The van der Waals surface area contributed by atoms with Gasteiger partial charge in [-0.3, -0.25) is 4.79 Å². The molecule has 1 aliphatic carbocycles. The lowest BCUT2D eigenvalue weighted by Gasteiger charge is -2.23. The lowest BCUT2D eigenvalue weighted by atomic mass is 9.98. The number of hydrogen-bond donors (Lipinski definition) is 2. The van der Waals surface area contributed by atoms with Crippen LogP contribution in [0.15, 0.2) is 16.7 Å². The summed E-state index contributed by atoms with van der Waals surface area (Å²) in [5, 5.41) is 6.52. The molecule has 4 rings (SSSR count). The molecule has 3 heterocycles. The highest BCUT2D eigenvalue weighted by molar-refractivity contribution is 9.10. The second-order valence-electron chi connectivity index (χ2n) is 7.67. The van der Waals surface area contributed by atoms with Crippen LogP contribution in [0.1, 0.15) is 31.2 Å². The lowest BCUT2D eigenvalue weighted by molar-refractivity contribution is -0.118. The fourth-order valence-corrected chi connectivity index (χ4v) is 4.51. The predicted octanol–water partition coefficient (Wildman–Crippen LogP) is 2.15. The van der Waals surface area contributed by atoms with Gasteiger partial charge in [0.05, 0.1) is 12.6 Å². The minimum atomic E-state index is -0.133. The minimum Gasteiger partial charge on any atom is -0.377 e. The number of fused-ring (bicyclic) bond motifs is 2. The molecule has 1 saturated heterocycles. The number of aromatic nitrogens is 1. The third kappa shape index (κ3) is 3.74. The molecule has 136 valence electrons. The van der Waals surface area contributed by atoms with Gasteiger partial charge in [0.2, 0.25) is 5.91 Å². The predicted molar refractivity (Wildman–Crippen MR) is 99.3 cm³/mol. The molecule has 1 amide bonds. The summed E-state index contributed by atoms with van der Waals surface area (Å²) in [5.41, 5.74) is 1.20. The molecule has 0 unspecified atom stereocenters. The molecule has 2 N–H and O–H groups in total. The van der Waals surface area contributed by atoms with E-state index in [1.807, 2.05) is 12.1 Å². The fraction of sp³-hybridized carbons (Fsp3) is 0.667. The zero-order chi connectivity index (χ0) is 17.4. The highest BCUT2D eigenvalue weighted by Gasteiger charge is 2.61. The van der Waals surface area contributed by atoms with Crippen LogP contribution in [0.4, 0.5) is 5.82 Å². The number of pyridine rings is 1. The summed E-state index contributed by atoms with van der Waals surface area (Å²) in [7, 11) is 2.19. The van der Waals surface area contributed by atoms with E-state index in [0.29, 0.717) is 23.1 Å². The van der Waals surface area contributed by atoms with Crippen LogP contribution in [0.5, 0.6) is 0 Å². The van der Waals surface area contributed by atoms with Crippen molar-refractivity contribution < 1.29 is 9.53 Å². The molecule has 1 saturated carbocycles. The highest BCUT2D eigenvalue weighted by Crippen LogP contribution is 2.54. The molecule has 7 heteroatoms. The number of amides is 1. The summed E-state index contributed by atoms with van der Waals surface area (Å²) in [6.45, 7) is 3.35. The Kier molecular flexibility index (Phi) is 4.83. The second-order valence-corrected chi connectivity index (χ2v) is 8.48. The van der Waals surface area contributed by atoms with Gasteiger partial charge < -0.3 is 20.3 Å². The van der Waals surface area contributed by atoms with Crippen LogP contribution >= 0.6 is 15.9 Å². The third-order valence-corrected chi connectivity index (χ3v) is 6.07. The molecule has 1 aromatic heterocycles. The Morgan fingerprint density at radius 2 is 2.24 bits per heavy atom. The topological polar surface area (TPSA) is 66.5 Å². The summed E-state index contributed by atoms with van der Waals surface area (Å²) in [5.74, 6) is 0.610. The zero-order valence-corrected chi connectivity index (χ0v) is 16.1. The number of rotatable bonds is 0. The van der Waals surface area contributed by atoms with Crippen LogP contribution < -0.4 is 10.6 Å². The van der Waals surface area contributed by atoms with Gasteiger partial charge in [0.15, 0.2) is 0 Å². The summed E-state index contributed by atoms with van der Waals surface area (Å²) in [6.07, 6.45) is 4.28. The molecule has 2 bridgehead atoms. The van der Waals surface area contributed by atoms with E-state index in [-0.39, 0.29) is 17.4 Å². The van der Waals surface area contributed by atoms with Gasteiger partial charge >= 0.3 is 0 Å². The number of nitrogens with one attached hydrogen (secondary N) is 2. The first-order chi connectivity index (χ1) is 12.1. The standard InChI is InChI=1S/C18H25BrN4O2/c1-23-6-2-3-7-25-10-12-4-5-15(19)21-16(12)22-17(24)13-8-18(11-23)9-14(18)20-13/h4-5,13-14,20H,2-3,6-11H2,1H3,(H,21,22,24)/t13-,14+,18-/m0/s1. The van der Waals surface area contributed by atoms with Crippen molar-refractivity contribution in [2.75, 3.05) is 32.1 Å². The smallest absolute Gasteiger partial charge is 0.242 e. The van der Waals surface area contributed by atoms with Crippen molar-refractivity contribution in [2.45, 2.75) is 44.4 Å². The Hall–Kier alpha value is -1.02. The Balaban J connectivity index is 1.54. The van der Waals surface area contributed by atoms with Crippen LogP contribution in [0.25, 0.3) is 0 Å². The fourth-order valence-electron chi connectivity index (χ4n) is 4.20. The van der Waals surface area contributed by atoms with E-state index < -0.39 is 0 Å². The van der Waals surface area contributed by atoms with Gasteiger partial charge in [0, 0.05) is 30.2 Å². The van der Waals surface area contributed by atoms with Crippen LogP contribution in [0, 0.1) is 5.41 Å². The average molecular weight is 409 g/mol. The van der Waals surface area contributed by atoms with E-state index >= 15 is 0 Å². The Bertz CT molecular complexity index is 670. The highest BCUT2D eigenvalue weighted by atomic mass is 79.9. The van der Waals surface area contributed by atoms with Crippen LogP contribution in [-0.2, 0) is 16.1 Å². The van der Waals surface area contributed by atoms with Crippen molar-refractivity contribution in [3.63, 3.8) is 0 Å². The van der Waals surface area contributed by atoms with Gasteiger partial charge in [-0.1, -0.05) is 6.07 Å². The van der Waals surface area contributed by atoms with Gasteiger partial charge in [-0.15, -0.1) is 0 Å². The molecule has 0 aromatic carbocycles. The number of carbonyl (C=O) groups excluding carboxylic acids is 1. The number of nitrogens with zero attached hydrogens (tertiary/aromatic N) is 2. The lowest BCUT2D eigenvalue weighted by Crippen LogP contribution is -2.38. The summed E-state index contributed by atoms with van der Waals surface area (Å²) >= 11 is 3.39. The maximum atomic E-state index is 12.7. The quantitative estimate of drug-likeness (QED) is 0.643. The number of piperidine rings is 1. The molecule has 2 aliphatic heterocycles. The van der Waals surface area contributed by atoms with Crippen LogP contribution in [0.2, 0.25) is 0 Å². The first-order valence-corrected chi connectivity index (χ1v) is 9.84. The molecule has 2 fully saturated rings. The molecular weight excluding hydrogens is 384 g/mol. The van der Waals surface area contributed by atoms with Gasteiger partial charge in [0.1, 0.15) is 10.4 Å². The van der Waals surface area contributed by atoms with Crippen molar-refractivity contribution in [3.05, 3.63) is 22.3 Å². The largest absolute Gasteiger partial charge is 0.377 e. The van der Waals surface area contributed by atoms with Crippen LogP contribution in [-0.4, -0.2) is 54.6 Å². The average Bonchev–Trinajstić information content (AvgIpc) is 3.10. The van der Waals surface area contributed by atoms with Crippen molar-refractivity contribution in [2.24, 2.45) is 5.41 Å². The number of hydrogen-bond acceptors (Lipinski definition) is 5. The maximum Gasteiger partial charge on any atom is 0.242 e. The first-order valence-electron chi connectivity index (χ1n) is 9.04. The number of halogens is 1. The minimum absolute atomic E-state index is 0.0101. The van der Waals surface area contributed by atoms with Crippen LogP contribution in [0.3, 0.4) is 0 Å². The van der Waals surface area contributed by atoms with Gasteiger partial charge in [-0.25, -0.2) is 4.98 Å². The van der Waals surface area contributed by atoms with Crippen molar-refractivity contribution in [1.82, 2.24) is 15.2 Å². The van der Waals surface area contributed by atoms with E-state index in [1.54, 1.807) is 0 Å². The van der Waals surface area contributed by atoms with E-state index in [9.17, 15) is 4.79 Å². The normalized spacial score (nSPS) is 33.6. The van der Waals surface area contributed by atoms with Crippen molar-refractivity contribution >= 4 is 27.7 Å². The van der Waals surface area contributed by atoms with Gasteiger partial charge in [-0.2, -0.15) is 0 Å². The van der Waals surface area contributed by atoms with Gasteiger partial charge in [-0.05, 0) is 61.3 Å². The molecule has 1 spiro atoms. The third-order valence-electron chi connectivity index (χ3n) is 5.63. The Labute approximate surface area is 156 Å². The summed E-state index contributed by atoms with van der Waals surface area (Å²) in [4.78, 5) is 19.6. The number of carbonyl (C=O) groups is 1. The monoisotopic (exact) mass is 408 g/mol. The Morgan fingerprint density at radius 3 is 3.12 bits per heavy atom. The second kappa shape index (κ2) is 6.95. The van der Waals surface area contributed by atoms with Gasteiger partial charge in [0.25, 0.3) is 0 Å². The molecule has 1 aromatic rings. The van der Waals surface area contributed by atoms with E-state index in [1.165, 1.54) is 6.42 Å². The molecule has 0 radical (unpaired) electrons. The van der Waals surface area contributed by atoms with E-state index in [2.05, 4.69) is 43.5 Å². The molecule has 25 heavy (non-hydrogen) atoms. The van der Waals surface area contributed by atoms with E-state index in [4.69, 9.17) is 4.74 Å². The SMILES string of the molecule is CN1CCCCOCc2ccc(Br)nc2NC(=O)[C@@H]2C[C@]3(C[C@H]3N2)C1. The molecule has 6 nitrogen and oxygen atoms in total. The maximum absolute atomic E-state index is 12.7. The zero-order valence-electron chi connectivity index (χ0n) is 14.6. The number of ether oxygens (including phenoxy) is 1. The summed E-state index contributed by atoms with van der Waals surface area (Å²) in [6, 6.07) is 4.19. The van der Waals surface area contributed by atoms with Crippen molar-refractivity contribution in [3.8, 4) is 0 Å². The number of anilines is 1. The Morgan fingerprint density at radius 1 is 1.36 bits per heavy atom. The van der Waals surface area contributed by atoms with Crippen molar-refractivity contribution in [1.29, 1.82) is 0 Å². The summed E-state index contributed by atoms with van der Waals surface area (Å²) < 4.78 is 6.51. The molecular formula is C18H25BrN4O2. The molecule has 3 aliphatic rings.